The molecule has 2 heterocycles. The van der Waals surface area contributed by atoms with Crippen molar-refractivity contribution in [2.45, 2.75) is 51.9 Å². The van der Waals surface area contributed by atoms with Gasteiger partial charge in [-0.25, -0.2) is 0 Å². The van der Waals surface area contributed by atoms with Crippen molar-refractivity contribution < 1.29 is 23.1 Å². The number of piperidine rings is 1. The van der Waals surface area contributed by atoms with Gasteiger partial charge in [0.2, 0.25) is 0 Å². The number of ketones is 1. The van der Waals surface area contributed by atoms with E-state index < -0.39 is 11.7 Å². The molecule has 2 aliphatic rings. The van der Waals surface area contributed by atoms with Gasteiger partial charge in [-0.15, -0.1) is 0 Å². The first-order chi connectivity index (χ1) is 14.1. The lowest BCUT2D eigenvalue weighted by atomic mass is 9.87. The molecule has 1 saturated carbocycles. The summed E-state index contributed by atoms with van der Waals surface area (Å²) in [6, 6.07) is 6.24. The van der Waals surface area contributed by atoms with Crippen molar-refractivity contribution in [1.29, 1.82) is 0 Å². The van der Waals surface area contributed by atoms with E-state index >= 15 is 0 Å². The number of carbonyl (C=O) groups excluding carboxylic acids is 1. The number of rotatable bonds is 4. The Bertz CT molecular complexity index is 972. The van der Waals surface area contributed by atoms with E-state index in [4.69, 9.17) is 0 Å². The van der Waals surface area contributed by atoms with Crippen molar-refractivity contribution in [2.24, 2.45) is 11.8 Å². The summed E-state index contributed by atoms with van der Waals surface area (Å²) in [4.78, 5) is 19.1. The van der Waals surface area contributed by atoms with Gasteiger partial charge in [0.05, 0.1) is 5.56 Å². The highest BCUT2D eigenvalue weighted by atomic mass is 19.4. The van der Waals surface area contributed by atoms with Gasteiger partial charge in [0.1, 0.15) is 11.4 Å². The molecule has 30 heavy (non-hydrogen) atoms. The topological polar surface area (TPSA) is 53.4 Å². The molecular formula is C23H25F3N2O2. The second-order valence-corrected chi connectivity index (χ2v) is 8.58. The highest BCUT2D eigenvalue weighted by Gasteiger charge is 2.49. The molecule has 1 aromatic carbocycles. The number of nitrogens with zero attached hydrogens (tertiary/aromatic N) is 2. The number of hydrogen-bond acceptors (Lipinski definition) is 4. The van der Waals surface area contributed by atoms with Crippen molar-refractivity contribution in [3.8, 4) is 5.75 Å². The zero-order valence-corrected chi connectivity index (χ0v) is 17.2. The number of phenols is 1. The minimum atomic E-state index is -4.46. The zero-order chi connectivity index (χ0) is 21.8. The van der Waals surface area contributed by atoms with E-state index in [1.165, 1.54) is 11.6 Å². The third kappa shape index (κ3) is 3.49. The van der Waals surface area contributed by atoms with Crippen LogP contribution < -0.4 is 0 Å². The summed E-state index contributed by atoms with van der Waals surface area (Å²) in [5.41, 5.74) is 2.40. The first-order valence-electron chi connectivity index (χ1n) is 10.2. The van der Waals surface area contributed by atoms with E-state index in [-0.39, 0.29) is 35.4 Å². The van der Waals surface area contributed by atoms with Crippen LogP contribution in [-0.2, 0) is 6.18 Å². The maximum Gasteiger partial charge on any atom is 0.417 e. The van der Waals surface area contributed by atoms with Crippen molar-refractivity contribution in [1.82, 2.24) is 9.88 Å². The molecule has 1 aliphatic heterocycles. The standard InChI is InChI=1S/C23H25F3N2O2/c1-12-13(2)21(29)7-5-18(12)14(3)28-11-15-8-17(28)9-19(15)22(30)20-6-4-16(10-27-20)23(24,25)26/h4-7,10,14-15,17,19,29H,8-9,11H2,1-3H3/t14-,15+,17+,19?/m0/s1. The first-order valence-corrected chi connectivity index (χ1v) is 10.2. The van der Waals surface area contributed by atoms with Crippen LogP contribution in [0.2, 0.25) is 0 Å². The van der Waals surface area contributed by atoms with E-state index in [9.17, 15) is 23.1 Å². The summed E-state index contributed by atoms with van der Waals surface area (Å²) < 4.78 is 38.2. The summed E-state index contributed by atoms with van der Waals surface area (Å²) >= 11 is 0. The van der Waals surface area contributed by atoms with Crippen LogP contribution in [0.4, 0.5) is 13.2 Å². The SMILES string of the molecule is Cc1c(O)ccc([C@H](C)N2C[C@H]3C[C@@H]2CC3C(=O)c2ccc(C(F)(F)F)cn2)c1C. The van der Waals surface area contributed by atoms with Crippen LogP contribution >= 0.6 is 0 Å². The number of aromatic hydroxyl groups is 1. The zero-order valence-electron chi connectivity index (χ0n) is 17.2. The van der Waals surface area contributed by atoms with Crippen LogP contribution in [0.25, 0.3) is 0 Å². The van der Waals surface area contributed by atoms with Crippen LogP contribution in [0.15, 0.2) is 30.5 Å². The number of phenolic OH excluding ortho intramolecular Hbond substituents is 1. The highest BCUT2D eigenvalue weighted by Crippen LogP contribution is 2.47. The van der Waals surface area contributed by atoms with E-state index in [1.54, 1.807) is 6.07 Å². The summed E-state index contributed by atoms with van der Waals surface area (Å²) in [6.45, 7) is 6.84. The fourth-order valence-corrected chi connectivity index (χ4v) is 5.14. The Morgan fingerprint density at radius 1 is 1.17 bits per heavy atom. The Morgan fingerprint density at radius 2 is 1.90 bits per heavy atom. The smallest absolute Gasteiger partial charge is 0.417 e. The molecule has 0 radical (unpaired) electrons. The molecule has 2 aromatic rings. The molecule has 2 bridgehead atoms. The Morgan fingerprint density at radius 3 is 2.47 bits per heavy atom. The predicted octanol–water partition coefficient (Wildman–Crippen LogP) is 5.08. The van der Waals surface area contributed by atoms with Gasteiger partial charge in [0.25, 0.3) is 0 Å². The first kappa shape index (κ1) is 20.8. The number of carbonyl (C=O) groups is 1. The van der Waals surface area contributed by atoms with Gasteiger partial charge < -0.3 is 5.11 Å². The molecule has 1 saturated heterocycles. The summed E-state index contributed by atoms with van der Waals surface area (Å²) in [5.74, 6) is 0.138. The Balaban J connectivity index is 1.47. The number of hydrogen-bond donors (Lipinski definition) is 1. The molecule has 4 rings (SSSR count). The lowest BCUT2D eigenvalue weighted by molar-refractivity contribution is -0.137. The van der Waals surface area contributed by atoms with Gasteiger partial charge in [-0.05, 0) is 74.4 Å². The number of alkyl halides is 3. The van der Waals surface area contributed by atoms with Gasteiger partial charge in [-0.2, -0.15) is 13.2 Å². The Kier molecular flexibility index (Phi) is 5.12. The highest BCUT2D eigenvalue weighted by molar-refractivity contribution is 5.96. The lowest BCUT2D eigenvalue weighted by Crippen LogP contribution is -2.39. The average molecular weight is 418 g/mol. The quantitative estimate of drug-likeness (QED) is 0.704. The lowest BCUT2D eigenvalue weighted by Gasteiger charge is -2.36. The van der Waals surface area contributed by atoms with E-state index in [0.717, 1.165) is 36.4 Å². The number of aromatic nitrogens is 1. The molecule has 160 valence electrons. The van der Waals surface area contributed by atoms with Gasteiger partial charge in [-0.3, -0.25) is 14.7 Å². The van der Waals surface area contributed by atoms with Crippen molar-refractivity contribution in [2.75, 3.05) is 6.54 Å². The van der Waals surface area contributed by atoms with Crippen LogP contribution in [0.5, 0.6) is 5.75 Å². The van der Waals surface area contributed by atoms with Gasteiger partial charge >= 0.3 is 6.18 Å². The number of likely N-dealkylation sites (tertiary alicyclic amines) is 1. The van der Waals surface area contributed by atoms with E-state index in [1.807, 2.05) is 19.9 Å². The Hall–Kier alpha value is -2.41. The second-order valence-electron chi connectivity index (χ2n) is 8.58. The number of halogens is 3. The van der Waals surface area contributed by atoms with Crippen LogP contribution in [0.3, 0.4) is 0 Å². The second kappa shape index (κ2) is 7.38. The molecule has 1 N–H and O–H groups in total. The van der Waals surface area contributed by atoms with Crippen LogP contribution in [0.1, 0.15) is 58.5 Å². The fraction of sp³-hybridized carbons (Fsp3) is 0.478. The number of pyridine rings is 1. The van der Waals surface area contributed by atoms with Gasteiger partial charge in [0, 0.05) is 30.7 Å². The molecule has 7 heteroatoms. The predicted molar refractivity (Wildman–Crippen MR) is 106 cm³/mol. The molecular weight excluding hydrogens is 393 g/mol. The average Bonchev–Trinajstić information content (AvgIpc) is 3.31. The van der Waals surface area contributed by atoms with Crippen LogP contribution in [0, 0.1) is 25.7 Å². The minimum Gasteiger partial charge on any atom is -0.508 e. The third-order valence-electron chi connectivity index (χ3n) is 7.01. The summed E-state index contributed by atoms with van der Waals surface area (Å²) in [6.07, 6.45) is -2.10. The molecule has 4 nitrogen and oxygen atoms in total. The monoisotopic (exact) mass is 418 g/mol. The molecule has 1 aromatic heterocycles. The van der Waals surface area contributed by atoms with E-state index in [2.05, 4.69) is 16.8 Å². The molecule has 0 spiro atoms. The van der Waals surface area contributed by atoms with Gasteiger partial charge in [-0.1, -0.05) is 6.07 Å². The van der Waals surface area contributed by atoms with E-state index in [0.29, 0.717) is 12.2 Å². The number of fused-ring (bicyclic) bond motifs is 2. The van der Waals surface area contributed by atoms with Crippen LogP contribution in [-0.4, -0.2) is 33.4 Å². The minimum absolute atomic E-state index is 0.116. The summed E-state index contributed by atoms with van der Waals surface area (Å²) in [7, 11) is 0. The molecule has 4 atom stereocenters. The maximum atomic E-state index is 12.9. The molecule has 1 unspecified atom stereocenters. The normalized spacial score (nSPS) is 24.9. The molecule has 1 aliphatic carbocycles. The maximum absolute atomic E-state index is 12.9. The van der Waals surface area contributed by atoms with Crippen molar-refractivity contribution in [3.05, 3.63) is 58.4 Å². The fourth-order valence-electron chi connectivity index (χ4n) is 5.14. The Labute approximate surface area is 173 Å². The van der Waals surface area contributed by atoms with Gasteiger partial charge in [0.15, 0.2) is 5.78 Å². The third-order valence-corrected chi connectivity index (χ3v) is 7.01. The van der Waals surface area contributed by atoms with Crippen molar-refractivity contribution in [3.63, 3.8) is 0 Å². The molecule has 2 fully saturated rings. The summed E-state index contributed by atoms with van der Waals surface area (Å²) in [5, 5.41) is 9.92. The van der Waals surface area contributed by atoms with Crippen molar-refractivity contribution >= 4 is 5.78 Å². The largest absolute Gasteiger partial charge is 0.508 e. The number of Topliss-reactive ketones (excluding diaryl/α,β-unsaturated/α-hetero) is 1. The number of benzene rings is 1. The molecule has 0 amide bonds.